The largest absolute Gasteiger partial charge is 0.350 e. The number of primary amides is 1. The SMILES string of the molecule is CC(=NNC(N)=O)c1ccsc1. The Morgan fingerprint density at radius 3 is 3.00 bits per heavy atom. The summed E-state index contributed by atoms with van der Waals surface area (Å²) in [7, 11) is 0. The molecule has 5 heteroatoms. The van der Waals surface area contributed by atoms with Gasteiger partial charge in [-0.05, 0) is 23.8 Å². The summed E-state index contributed by atoms with van der Waals surface area (Å²) in [5.41, 5.74) is 8.74. The van der Waals surface area contributed by atoms with E-state index in [1.807, 2.05) is 16.8 Å². The van der Waals surface area contributed by atoms with E-state index in [1.165, 1.54) is 0 Å². The van der Waals surface area contributed by atoms with E-state index in [1.54, 1.807) is 18.3 Å². The lowest BCUT2D eigenvalue weighted by atomic mass is 10.2. The van der Waals surface area contributed by atoms with Crippen molar-refractivity contribution in [2.75, 3.05) is 0 Å². The number of carbonyl (C=O) groups excluding carboxylic acids is 1. The van der Waals surface area contributed by atoms with Crippen LogP contribution in [0, 0.1) is 0 Å². The van der Waals surface area contributed by atoms with Crippen LogP contribution in [-0.2, 0) is 0 Å². The summed E-state index contributed by atoms with van der Waals surface area (Å²) < 4.78 is 0. The van der Waals surface area contributed by atoms with Crippen LogP contribution in [0.5, 0.6) is 0 Å². The van der Waals surface area contributed by atoms with Crippen molar-refractivity contribution in [2.24, 2.45) is 10.8 Å². The molecule has 0 radical (unpaired) electrons. The predicted molar refractivity (Wildman–Crippen MR) is 49.2 cm³/mol. The van der Waals surface area contributed by atoms with Gasteiger partial charge in [0.15, 0.2) is 0 Å². The molecule has 0 aliphatic heterocycles. The molecule has 64 valence electrons. The fourth-order valence-corrected chi connectivity index (χ4v) is 1.37. The molecule has 2 amide bonds. The second-order valence-corrected chi connectivity index (χ2v) is 2.97. The van der Waals surface area contributed by atoms with Crippen molar-refractivity contribution < 1.29 is 4.79 Å². The van der Waals surface area contributed by atoms with Gasteiger partial charge in [0.1, 0.15) is 0 Å². The first-order valence-corrected chi connectivity index (χ1v) is 4.26. The fourth-order valence-electron chi connectivity index (χ4n) is 0.674. The zero-order valence-electron chi connectivity index (χ0n) is 6.57. The molecule has 0 fully saturated rings. The lowest BCUT2D eigenvalue weighted by Crippen LogP contribution is -2.25. The van der Waals surface area contributed by atoms with Crippen LogP contribution in [0.25, 0.3) is 0 Å². The second kappa shape index (κ2) is 3.87. The first-order chi connectivity index (χ1) is 5.70. The second-order valence-electron chi connectivity index (χ2n) is 2.19. The minimum Gasteiger partial charge on any atom is -0.350 e. The highest BCUT2D eigenvalue weighted by Gasteiger charge is 1.96. The van der Waals surface area contributed by atoms with Gasteiger partial charge >= 0.3 is 6.03 Å². The average molecular weight is 183 g/mol. The van der Waals surface area contributed by atoms with Gasteiger partial charge in [0, 0.05) is 5.56 Å². The van der Waals surface area contributed by atoms with Gasteiger partial charge in [-0.25, -0.2) is 10.2 Å². The van der Waals surface area contributed by atoms with E-state index in [0.717, 1.165) is 11.3 Å². The molecule has 0 saturated heterocycles. The summed E-state index contributed by atoms with van der Waals surface area (Å²) in [6.07, 6.45) is 0. The zero-order valence-corrected chi connectivity index (χ0v) is 7.39. The number of rotatable bonds is 2. The molecule has 0 bridgehead atoms. The normalized spacial score (nSPS) is 11.2. The lowest BCUT2D eigenvalue weighted by molar-refractivity contribution is 0.249. The average Bonchev–Trinajstić information content (AvgIpc) is 2.51. The van der Waals surface area contributed by atoms with Gasteiger partial charge in [-0.1, -0.05) is 0 Å². The van der Waals surface area contributed by atoms with Crippen LogP contribution in [0.1, 0.15) is 12.5 Å². The topological polar surface area (TPSA) is 67.5 Å². The van der Waals surface area contributed by atoms with E-state index in [9.17, 15) is 4.79 Å². The van der Waals surface area contributed by atoms with Crippen molar-refractivity contribution in [1.29, 1.82) is 0 Å². The van der Waals surface area contributed by atoms with Gasteiger partial charge < -0.3 is 5.73 Å². The van der Waals surface area contributed by atoms with E-state index in [-0.39, 0.29) is 0 Å². The maximum atomic E-state index is 10.3. The van der Waals surface area contributed by atoms with E-state index < -0.39 is 6.03 Å². The molecule has 12 heavy (non-hydrogen) atoms. The maximum Gasteiger partial charge on any atom is 0.332 e. The van der Waals surface area contributed by atoms with Crippen molar-refractivity contribution in [1.82, 2.24) is 5.43 Å². The highest BCUT2D eigenvalue weighted by molar-refractivity contribution is 7.08. The van der Waals surface area contributed by atoms with Crippen molar-refractivity contribution in [3.05, 3.63) is 22.4 Å². The van der Waals surface area contributed by atoms with Crippen molar-refractivity contribution in [3.8, 4) is 0 Å². The number of thiophene rings is 1. The molecule has 0 unspecified atom stereocenters. The molecular formula is C7H9N3OS. The van der Waals surface area contributed by atoms with Gasteiger partial charge in [0.2, 0.25) is 0 Å². The molecule has 1 rings (SSSR count). The predicted octanol–water partition coefficient (Wildman–Crippen LogP) is 1.14. The quantitative estimate of drug-likeness (QED) is 0.524. The molecule has 1 aromatic rings. The van der Waals surface area contributed by atoms with Crippen LogP contribution in [0.15, 0.2) is 21.9 Å². The number of amides is 2. The molecule has 1 aromatic heterocycles. The van der Waals surface area contributed by atoms with E-state index in [0.29, 0.717) is 0 Å². The summed E-state index contributed by atoms with van der Waals surface area (Å²) in [5, 5.41) is 7.65. The monoisotopic (exact) mass is 183 g/mol. The van der Waals surface area contributed by atoms with Gasteiger partial charge in [0.05, 0.1) is 5.71 Å². The zero-order chi connectivity index (χ0) is 8.97. The Balaban J connectivity index is 2.65. The van der Waals surface area contributed by atoms with Crippen LogP contribution in [0.4, 0.5) is 4.79 Å². The van der Waals surface area contributed by atoms with E-state index in [4.69, 9.17) is 5.73 Å². The standard InChI is InChI=1S/C7H9N3OS/c1-5(9-10-7(8)11)6-2-3-12-4-6/h2-4H,1H3,(H3,8,10,11). The van der Waals surface area contributed by atoms with Crippen LogP contribution >= 0.6 is 11.3 Å². The molecule has 4 nitrogen and oxygen atoms in total. The minimum absolute atomic E-state index is 0.649. The molecule has 0 aliphatic rings. The molecule has 0 aliphatic carbocycles. The van der Waals surface area contributed by atoms with Gasteiger partial charge in [0.25, 0.3) is 0 Å². The number of hydrogen-bond donors (Lipinski definition) is 2. The molecule has 1 heterocycles. The van der Waals surface area contributed by atoms with Crippen molar-refractivity contribution >= 4 is 23.1 Å². The molecule has 3 N–H and O–H groups in total. The Kier molecular flexibility index (Phi) is 2.82. The number of nitrogens with zero attached hydrogens (tertiary/aromatic N) is 1. The van der Waals surface area contributed by atoms with Crippen LogP contribution in [-0.4, -0.2) is 11.7 Å². The Labute approximate surface area is 74.1 Å². The smallest absolute Gasteiger partial charge is 0.332 e. The van der Waals surface area contributed by atoms with Crippen molar-refractivity contribution in [3.63, 3.8) is 0 Å². The van der Waals surface area contributed by atoms with Crippen molar-refractivity contribution in [2.45, 2.75) is 6.92 Å². The first-order valence-electron chi connectivity index (χ1n) is 3.32. The number of carbonyl (C=O) groups is 1. The number of urea groups is 1. The third-order valence-corrected chi connectivity index (χ3v) is 1.96. The number of hydrogen-bond acceptors (Lipinski definition) is 3. The Hall–Kier alpha value is -1.36. The summed E-state index contributed by atoms with van der Waals surface area (Å²) in [6, 6.07) is 1.27. The van der Waals surface area contributed by atoms with Gasteiger partial charge in [-0.3, -0.25) is 0 Å². The third-order valence-electron chi connectivity index (χ3n) is 1.27. The van der Waals surface area contributed by atoms with Crippen LogP contribution in [0.3, 0.4) is 0 Å². The summed E-state index contributed by atoms with van der Waals surface area (Å²) in [6.45, 7) is 1.80. The number of hydrazone groups is 1. The third kappa shape index (κ3) is 2.35. The summed E-state index contributed by atoms with van der Waals surface area (Å²) >= 11 is 1.58. The fraction of sp³-hybridized carbons (Fsp3) is 0.143. The first kappa shape index (κ1) is 8.73. The number of nitrogens with one attached hydrogen (secondary N) is 1. The Morgan fingerprint density at radius 2 is 2.50 bits per heavy atom. The molecule has 0 aromatic carbocycles. The minimum atomic E-state index is -0.649. The summed E-state index contributed by atoms with van der Waals surface area (Å²) in [5.74, 6) is 0. The van der Waals surface area contributed by atoms with Gasteiger partial charge in [-0.15, -0.1) is 0 Å². The molecule has 0 saturated carbocycles. The molecular weight excluding hydrogens is 174 g/mol. The lowest BCUT2D eigenvalue weighted by Gasteiger charge is -1.95. The highest BCUT2D eigenvalue weighted by Crippen LogP contribution is 2.06. The molecule has 0 spiro atoms. The van der Waals surface area contributed by atoms with Gasteiger partial charge in [-0.2, -0.15) is 16.4 Å². The highest BCUT2D eigenvalue weighted by atomic mass is 32.1. The van der Waals surface area contributed by atoms with E-state index in [2.05, 4.69) is 10.5 Å². The van der Waals surface area contributed by atoms with E-state index >= 15 is 0 Å². The summed E-state index contributed by atoms with van der Waals surface area (Å²) in [4.78, 5) is 10.3. The number of nitrogens with two attached hydrogens (primary N) is 1. The van der Waals surface area contributed by atoms with Crippen LogP contribution < -0.4 is 11.2 Å². The Morgan fingerprint density at radius 1 is 1.75 bits per heavy atom. The van der Waals surface area contributed by atoms with Crippen LogP contribution in [0.2, 0.25) is 0 Å². The Bertz CT molecular complexity index is 292. The maximum absolute atomic E-state index is 10.3. The molecule has 0 atom stereocenters.